The summed E-state index contributed by atoms with van der Waals surface area (Å²) in [5.74, 6) is -0.123. The van der Waals surface area contributed by atoms with Crippen LogP contribution in [0.4, 0.5) is 17.1 Å². The smallest absolute Gasteiger partial charge is 0.254 e. The van der Waals surface area contributed by atoms with E-state index in [-0.39, 0.29) is 16.8 Å². The van der Waals surface area contributed by atoms with Gasteiger partial charge in [0, 0.05) is 50.9 Å². The molecule has 0 aromatic heterocycles. The number of carbonyl (C=O) groups is 1. The van der Waals surface area contributed by atoms with Crippen molar-refractivity contribution < 1.29 is 13.2 Å². The third-order valence-corrected chi connectivity index (χ3v) is 8.97. The second kappa shape index (κ2) is 12.1. The van der Waals surface area contributed by atoms with Crippen LogP contribution in [0.5, 0.6) is 0 Å². The minimum absolute atomic E-state index is 0.0727. The first-order chi connectivity index (χ1) is 20.2. The Kier molecular flexibility index (Phi) is 8.34. The Hall–Kier alpha value is -4.58. The van der Waals surface area contributed by atoms with Crippen LogP contribution in [-0.4, -0.2) is 64.5 Å². The maximum Gasteiger partial charge on any atom is 0.254 e. The highest BCUT2D eigenvalue weighted by Gasteiger charge is 2.28. The molecular formula is C31H33N7O3S. The van der Waals surface area contributed by atoms with Gasteiger partial charge in [0.15, 0.2) is 0 Å². The van der Waals surface area contributed by atoms with Gasteiger partial charge >= 0.3 is 0 Å². The summed E-state index contributed by atoms with van der Waals surface area (Å²) >= 11 is 0. The van der Waals surface area contributed by atoms with Crippen LogP contribution in [0.1, 0.15) is 39.9 Å². The van der Waals surface area contributed by atoms with Gasteiger partial charge in [-0.05, 0) is 61.7 Å². The Morgan fingerprint density at radius 2 is 1.45 bits per heavy atom. The molecule has 216 valence electrons. The lowest BCUT2D eigenvalue weighted by Crippen LogP contribution is -2.49. The normalized spacial score (nSPS) is 16.0. The molecule has 0 atom stereocenters. The van der Waals surface area contributed by atoms with Crippen LogP contribution in [0.2, 0.25) is 0 Å². The van der Waals surface area contributed by atoms with Crippen molar-refractivity contribution >= 4 is 33.0 Å². The van der Waals surface area contributed by atoms with Crippen molar-refractivity contribution in [3.63, 3.8) is 0 Å². The number of sulfonamides is 1. The Morgan fingerprint density at radius 3 is 2.10 bits per heavy atom. The molecule has 3 N–H and O–H groups in total. The number of primary sulfonamides is 1. The second-order valence-corrected chi connectivity index (χ2v) is 12.2. The SMILES string of the molecule is Cc1cc(C#N)c(NC2CCN(c3ccccc3C#N)CC2)cc1C(=O)N1CCN(c2ccccc2S(N)(=O)=O)CC1. The predicted octanol–water partition coefficient (Wildman–Crippen LogP) is 3.43. The summed E-state index contributed by atoms with van der Waals surface area (Å²) in [7, 11) is -3.88. The summed E-state index contributed by atoms with van der Waals surface area (Å²) < 4.78 is 24.1. The van der Waals surface area contributed by atoms with E-state index in [0.717, 1.165) is 37.2 Å². The maximum absolute atomic E-state index is 13.6. The first kappa shape index (κ1) is 28.9. The van der Waals surface area contributed by atoms with Gasteiger partial charge in [0.25, 0.3) is 5.91 Å². The number of nitrogens with two attached hydrogens (primary N) is 1. The zero-order valence-corrected chi connectivity index (χ0v) is 24.3. The molecule has 0 radical (unpaired) electrons. The molecule has 2 fully saturated rings. The third kappa shape index (κ3) is 6.03. The van der Waals surface area contributed by atoms with Crippen LogP contribution in [-0.2, 0) is 10.0 Å². The molecule has 10 nitrogen and oxygen atoms in total. The number of nitrogens with one attached hydrogen (secondary N) is 1. The number of piperazine rings is 1. The standard InChI is InChI=1S/C31H33N7O3S/c1-22-18-24(21-33)27(35-25-10-12-36(13-11-25)28-7-3-2-6-23(28)20-32)19-26(22)31(39)38-16-14-37(15-17-38)29-8-4-5-9-30(29)42(34,40)41/h2-9,18-19,25,35H,10-17H2,1H3,(H2,34,40,41). The molecule has 2 heterocycles. The molecule has 2 aliphatic heterocycles. The fraction of sp³-hybridized carbons (Fsp3) is 0.323. The third-order valence-electron chi connectivity index (χ3n) is 8.01. The Bertz CT molecular complexity index is 1680. The van der Waals surface area contributed by atoms with E-state index in [1.807, 2.05) is 36.1 Å². The lowest BCUT2D eigenvalue weighted by molar-refractivity contribution is 0.0746. The summed E-state index contributed by atoms with van der Waals surface area (Å²) in [5.41, 5.74) is 4.53. The van der Waals surface area contributed by atoms with Gasteiger partial charge in [0.05, 0.1) is 28.2 Å². The zero-order valence-electron chi connectivity index (χ0n) is 23.5. The van der Waals surface area contributed by atoms with Gasteiger partial charge in [0.2, 0.25) is 10.0 Å². The minimum Gasteiger partial charge on any atom is -0.381 e. The summed E-state index contributed by atoms with van der Waals surface area (Å²) in [6.45, 7) is 5.15. The molecule has 3 aromatic carbocycles. The highest BCUT2D eigenvalue weighted by molar-refractivity contribution is 7.89. The van der Waals surface area contributed by atoms with Crippen LogP contribution < -0.4 is 20.3 Å². The average Bonchev–Trinajstić information content (AvgIpc) is 3.01. The largest absolute Gasteiger partial charge is 0.381 e. The Morgan fingerprint density at radius 1 is 0.857 bits per heavy atom. The Labute approximate surface area is 246 Å². The van der Waals surface area contributed by atoms with E-state index in [2.05, 4.69) is 22.4 Å². The van der Waals surface area contributed by atoms with Crippen molar-refractivity contribution in [1.82, 2.24) is 4.90 Å². The first-order valence-corrected chi connectivity index (χ1v) is 15.5. The van der Waals surface area contributed by atoms with E-state index in [1.54, 1.807) is 35.2 Å². The number of amides is 1. The predicted molar refractivity (Wildman–Crippen MR) is 162 cm³/mol. The van der Waals surface area contributed by atoms with Gasteiger partial charge in [0.1, 0.15) is 17.0 Å². The second-order valence-electron chi connectivity index (χ2n) is 10.7. The van der Waals surface area contributed by atoms with Crippen molar-refractivity contribution in [2.45, 2.75) is 30.7 Å². The van der Waals surface area contributed by atoms with Crippen LogP contribution >= 0.6 is 0 Å². The number of nitrogens with zero attached hydrogens (tertiary/aromatic N) is 5. The molecule has 11 heteroatoms. The molecule has 5 rings (SSSR count). The number of hydrogen-bond acceptors (Lipinski definition) is 8. The van der Waals surface area contributed by atoms with Gasteiger partial charge in [-0.3, -0.25) is 4.79 Å². The van der Waals surface area contributed by atoms with Gasteiger partial charge in [-0.25, -0.2) is 13.6 Å². The fourth-order valence-electron chi connectivity index (χ4n) is 5.76. The number of anilines is 3. The summed E-state index contributed by atoms with van der Waals surface area (Å²) in [6.07, 6.45) is 1.65. The molecule has 1 amide bonds. The average molecular weight is 584 g/mol. The zero-order chi connectivity index (χ0) is 29.9. The van der Waals surface area contributed by atoms with Crippen molar-refractivity contribution in [3.05, 3.63) is 82.9 Å². The van der Waals surface area contributed by atoms with Crippen LogP contribution in [0.15, 0.2) is 65.6 Å². The summed E-state index contributed by atoms with van der Waals surface area (Å²) in [5, 5.41) is 28.2. The molecule has 0 saturated carbocycles. The quantitative estimate of drug-likeness (QED) is 0.449. The van der Waals surface area contributed by atoms with Gasteiger partial charge < -0.3 is 20.0 Å². The van der Waals surface area contributed by atoms with Crippen molar-refractivity contribution in [2.24, 2.45) is 5.14 Å². The molecule has 2 aliphatic rings. The topological polar surface area (TPSA) is 147 Å². The number of nitriles is 2. The molecule has 42 heavy (non-hydrogen) atoms. The number of para-hydroxylation sites is 2. The summed E-state index contributed by atoms with van der Waals surface area (Å²) in [4.78, 5) is 19.6. The number of aryl methyl sites for hydroxylation is 1. The van der Waals surface area contributed by atoms with E-state index in [9.17, 15) is 23.7 Å². The van der Waals surface area contributed by atoms with Gasteiger partial charge in [-0.2, -0.15) is 10.5 Å². The summed E-state index contributed by atoms with van der Waals surface area (Å²) in [6, 6.07) is 22.4. The molecule has 2 saturated heterocycles. The number of piperidine rings is 1. The lowest BCUT2D eigenvalue weighted by Gasteiger charge is -2.37. The van der Waals surface area contributed by atoms with Gasteiger partial charge in [-0.1, -0.05) is 24.3 Å². The van der Waals surface area contributed by atoms with E-state index >= 15 is 0 Å². The van der Waals surface area contributed by atoms with Crippen LogP contribution in [0.3, 0.4) is 0 Å². The number of rotatable bonds is 6. The highest BCUT2D eigenvalue weighted by atomic mass is 32.2. The maximum atomic E-state index is 13.6. The van der Waals surface area contributed by atoms with E-state index in [4.69, 9.17) is 5.14 Å². The Balaban J connectivity index is 1.27. The highest BCUT2D eigenvalue weighted by Crippen LogP contribution is 2.29. The van der Waals surface area contributed by atoms with E-state index < -0.39 is 10.0 Å². The molecule has 3 aromatic rings. The van der Waals surface area contributed by atoms with Crippen LogP contribution in [0, 0.1) is 29.6 Å². The number of hydrogen-bond donors (Lipinski definition) is 2. The molecule has 0 spiro atoms. The molecular weight excluding hydrogens is 550 g/mol. The van der Waals surface area contributed by atoms with Crippen LogP contribution in [0.25, 0.3) is 0 Å². The van der Waals surface area contributed by atoms with Gasteiger partial charge in [-0.15, -0.1) is 0 Å². The van der Waals surface area contributed by atoms with Crippen molar-refractivity contribution in [3.8, 4) is 12.1 Å². The first-order valence-electron chi connectivity index (χ1n) is 13.9. The van der Waals surface area contributed by atoms with E-state index in [1.165, 1.54) is 6.07 Å². The molecule has 0 aliphatic carbocycles. The monoisotopic (exact) mass is 583 g/mol. The lowest BCUT2D eigenvalue weighted by atomic mass is 9.99. The number of benzene rings is 3. The number of carbonyl (C=O) groups excluding carboxylic acids is 1. The fourth-order valence-corrected chi connectivity index (χ4v) is 6.52. The van der Waals surface area contributed by atoms with Crippen molar-refractivity contribution in [1.29, 1.82) is 10.5 Å². The molecule has 0 unspecified atom stereocenters. The minimum atomic E-state index is -3.88. The van der Waals surface area contributed by atoms with E-state index in [0.29, 0.717) is 54.2 Å². The van der Waals surface area contributed by atoms with Crippen molar-refractivity contribution in [2.75, 3.05) is 54.4 Å². The molecule has 0 bridgehead atoms.